The number of nitrogens with zero attached hydrogens (tertiary/aromatic N) is 1. The van der Waals surface area contributed by atoms with Gasteiger partial charge in [-0.15, -0.1) is 0 Å². The van der Waals surface area contributed by atoms with Crippen molar-refractivity contribution in [1.29, 1.82) is 0 Å². The molecule has 1 aliphatic rings. The summed E-state index contributed by atoms with van der Waals surface area (Å²) in [5, 5.41) is 0. The van der Waals surface area contributed by atoms with Gasteiger partial charge in [0.05, 0.1) is 6.10 Å². The van der Waals surface area contributed by atoms with E-state index in [0.29, 0.717) is 12.0 Å². The zero-order chi connectivity index (χ0) is 10.4. The molecule has 1 heterocycles. The highest BCUT2D eigenvalue weighted by atomic mass is 32.1. The summed E-state index contributed by atoms with van der Waals surface area (Å²) in [6, 6.07) is 0. The van der Waals surface area contributed by atoms with Crippen LogP contribution in [-0.4, -0.2) is 43.5 Å². The molecule has 2 nitrogen and oxygen atoms in total. The van der Waals surface area contributed by atoms with Crippen molar-refractivity contribution < 1.29 is 4.74 Å². The summed E-state index contributed by atoms with van der Waals surface area (Å²) in [6.07, 6.45) is 5.94. The fourth-order valence-corrected chi connectivity index (χ4v) is 2.02. The Labute approximate surface area is 92.7 Å². The summed E-state index contributed by atoms with van der Waals surface area (Å²) in [5.74, 6) is 1.53. The molecule has 2 atom stereocenters. The smallest absolute Gasteiger partial charge is 0.0724 e. The molecule has 0 bridgehead atoms. The minimum atomic E-state index is 0.410. The van der Waals surface area contributed by atoms with Crippen LogP contribution in [0.15, 0.2) is 12.2 Å². The number of hydrogen-bond acceptors (Lipinski definition) is 3. The number of methoxy groups -OCH3 is 1. The molecule has 0 amide bonds. The Balaban J connectivity index is 2.31. The van der Waals surface area contributed by atoms with Gasteiger partial charge < -0.3 is 4.74 Å². The highest BCUT2D eigenvalue weighted by Gasteiger charge is 2.24. The molecule has 0 spiro atoms. The second kappa shape index (κ2) is 6.49. The minimum absolute atomic E-state index is 0.410. The van der Waals surface area contributed by atoms with E-state index in [1.165, 1.54) is 13.0 Å². The Kier molecular flexibility index (Phi) is 5.60. The summed E-state index contributed by atoms with van der Waals surface area (Å²) >= 11 is 4.14. The molecule has 1 aliphatic heterocycles. The SMILES string of the molecule is COC1CN(C/C=C/CS)CCC1C. The highest BCUT2D eigenvalue weighted by Crippen LogP contribution is 2.18. The Hall–Kier alpha value is 0.01000. The zero-order valence-electron chi connectivity index (χ0n) is 9.15. The maximum absolute atomic E-state index is 5.46. The van der Waals surface area contributed by atoms with E-state index in [1.807, 2.05) is 7.11 Å². The predicted molar refractivity (Wildman–Crippen MR) is 64.0 cm³/mol. The van der Waals surface area contributed by atoms with E-state index < -0.39 is 0 Å². The van der Waals surface area contributed by atoms with Gasteiger partial charge in [0, 0.05) is 26.0 Å². The van der Waals surface area contributed by atoms with Gasteiger partial charge in [-0.1, -0.05) is 19.1 Å². The standard InChI is InChI=1S/C11H21NOS/c1-10-5-7-12(6-3-4-8-14)9-11(10)13-2/h3-4,10-11,14H,5-9H2,1-2H3/b4-3+. The average molecular weight is 215 g/mol. The van der Waals surface area contributed by atoms with Gasteiger partial charge in [0.15, 0.2) is 0 Å². The van der Waals surface area contributed by atoms with Crippen LogP contribution in [0.3, 0.4) is 0 Å². The lowest BCUT2D eigenvalue weighted by atomic mass is 9.96. The van der Waals surface area contributed by atoms with Gasteiger partial charge in [-0.05, 0) is 18.9 Å². The summed E-state index contributed by atoms with van der Waals surface area (Å²) in [4.78, 5) is 2.44. The van der Waals surface area contributed by atoms with Crippen molar-refractivity contribution in [2.75, 3.05) is 32.5 Å². The van der Waals surface area contributed by atoms with Crippen molar-refractivity contribution >= 4 is 12.6 Å². The molecule has 1 fully saturated rings. The van der Waals surface area contributed by atoms with E-state index in [4.69, 9.17) is 4.74 Å². The highest BCUT2D eigenvalue weighted by molar-refractivity contribution is 7.80. The zero-order valence-corrected chi connectivity index (χ0v) is 10.0. The lowest BCUT2D eigenvalue weighted by Gasteiger charge is -2.35. The van der Waals surface area contributed by atoms with Crippen LogP contribution in [0.4, 0.5) is 0 Å². The van der Waals surface area contributed by atoms with E-state index in [9.17, 15) is 0 Å². The van der Waals surface area contributed by atoms with Crippen LogP contribution in [0.5, 0.6) is 0 Å². The molecule has 3 heteroatoms. The Morgan fingerprint density at radius 1 is 1.50 bits per heavy atom. The van der Waals surface area contributed by atoms with Gasteiger partial charge >= 0.3 is 0 Å². The molecule has 0 radical (unpaired) electrons. The van der Waals surface area contributed by atoms with Crippen molar-refractivity contribution in [2.24, 2.45) is 5.92 Å². The minimum Gasteiger partial charge on any atom is -0.380 e. The number of thiol groups is 1. The molecule has 1 rings (SSSR count). The molecule has 0 saturated carbocycles. The topological polar surface area (TPSA) is 12.5 Å². The van der Waals surface area contributed by atoms with Gasteiger partial charge in [-0.3, -0.25) is 4.90 Å². The maximum atomic E-state index is 5.46. The maximum Gasteiger partial charge on any atom is 0.0724 e. The van der Waals surface area contributed by atoms with Crippen LogP contribution in [0.2, 0.25) is 0 Å². The second-order valence-corrected chi connectivity index (χ2v) is 4.32. The van der Waals surface area contributed by atoms with Crippen molar-refractivity contribution in [3.8, 4) is 0 Å². The Bertz CT molecular complexity index is 184. The van der Waals surface area contributed by atoms with Crippen molar-refractivity contribution in [2.45, 2.75) is 19.4 Å². The van der Waals surface area contributed by atoms with Crippen molar-refractivity contribution in [3.63, 3.8) is 0 Å². The van der Waals surface area contributed by atoms with Gasteiger partial charge in [-0.25, -0.2) is 0 Å². The van der Waals surface area contributed by atoms with Crippen LogP contribution >= 0.6 is 12.6 Å². The normalized spacial score (nSPS) is 29.9. The van der Waals surface area contributed by atoms with E-state index >= 15 is 0 Å². The molecular weight excluding hydrogens is 194 g/mol. The first-order valence-electron chi connectivity index (χ1n) is 5.29. The summed E-state index contributed by atoms with van der Waals surface area (Å²) in [5.41, 5.74) is 0. The number of piperidine rings is 1. The van der Waals surface area contributed by atoms with E-state index in [2.05, 4.69) is 36.6 Å². The Morgan fingerprint density at radius 3 is 2.93 bits per heavy atom. The first-order valence-corrected chi connectivity index (χ1v) is 5.92. The molecule has 1 saturated heterocycles. The molecule has 14 heavy (non-hydrogen) atoms. The quantitative estimate of drug-likeness (QED) is 0.567. The summed E-state index contributed by atoms with van der Waals surface area (Å²) in [6.45, 7) is 5.56. The molecule has 0 N–H and O–H groups in total. The third-order valence-electron chi connectivity index (χ3n) is 2.91. The van der Waals surface area contributed by atoms with Gasteiger partial charge in [0.2, 0.25) is 0 Å². The van der Waals surface area contributed by atoms with Crippen LogP contribution in [-0.2, 0) is 4.74 Å². The largest absolute Gasteiger partial charge is 0.380 e. The molecule has 0 aromatic heterocycles. The lowest BCUT2D eigenvalue weighted by molar-refractivity contribution is -0.00128. The van der Waals surface area contributed by atoms with Crippen LogP contribution in [0.25, 0.3) is 0 Å². The summed E-state index contributed by atoms with van der Waals surface area (Å²) < 4.78 is 5.46. The van der Waals surface area contributed by atoms with E-state index in [0.717, 1.165) is 18.8 Å². The van der Waals surface area contributed by atoms with E-state index in [-0.39, 0.29) is 0 Å². The number of ether oxygens (including phenoxy) is 1. The fraction of sp³-hybridized carbons (Fsp3) is 0.818. The third kappa shape index (κ3) is 3.64. The van der Waals surface area contributed by atoms with Crippen LogP contribution in [0.1, 0.15) is 13.3 Å². The van der Waals surface area contributed by atoms with Gasteiger partial charge in [0.1, 0.15) is 0 Å². The average Bonchev–Trinajstić information content (AvgIpc) is 2.21. The third-order valence-corrected chi connectivity index (χ3v) is 3.12. The Morgan fingerprint density at radius 2 is 2.29 bits per heavy atom. The number of rotatable bonds is 4. The number of likely N-dealkylation sites (tertiary alicyclic amines) is 1. The van der Waals surface area contributed by atoms with Crippen LogP contribution in [0, 0.1) is 5.92 Å². The summed E-state index contributed by atoms with van der Waals surface area (Å²) in [7, 11) is 1.81. The monoisotopic (exact) mass is 215 g/mol. The second-order valence-electron chi connectivity index (χ2n) is 3.95. The molecule has 0 aromatic carbocycles. The van der Waals surface area contributed by atoms with Gasteiger partial charge in [0.25, 0.3) is 0 Å². The molecule has 0 aromatic rings. The first kappa shape index (κ1) is 12.1. The van der Waals surface area contributed by atoms with Crippen molar-refractivity contribution in [1.82, 2.24) is 4.90 Å². The molecule has 0 aliphatic carbocycles. The molecule has 82 valence electrons. The van der Waals surface area contributed by atoms with Crippen molar-refractivity contribution in [3.05, 3.63) is 12.2 Å². The lowest BCUT2D eigenvalue weighted by Crippen LogP contribution is -2.43. The van der Waals surface area contributed by atoms with Gasteiger partial charge in [-0.2, -0.15) is 12.6 Å². The van der Waals surface area contributed by atoms with E-state index in [1.54, 1.807) is 0 Å². The molecular formula is C11H21NOS. The predicted octanol–water partition coefficient (Wildman–Crippen LogP) is 1.83. The molecule has 2 unspecified atom stereocenters. The first-order chi connectivity index (χ1) is 6.77. The van der Waals surface area contributed by atoms with Crippen LogP contribution < -0.4 is 0 Å². The fourth-order valence-electron chi connectivity index (χ4n) is 1.87. The number of hydrogen-bond donors (Lipinski definition) is 1.